The zero-order valence-electron chi connectivity index (χ0n) is 13.1. The van der Waals surface area contributed by atoms with E-state index >= 15 is 0 Å². The van der Waals surface area contributed by atoms with E-state index in [1.807, 2.05) is 25.1 Å². The molecule has 126 valence electrons. The Morgan fingerprint density at radius 2 is 1.92 bits per heavy atom. The molecule has 0 fully saturated rings. The summed E-state index contributed by atoms with van der Waals surface area (Å²) in [4.78, 5) is 4.50. The lowest BCUT2D eigenvalue weighted by molar-refractivity contribution is 0.344. The molecule has 0 spiro atoms. The third-order valence-electron chi connectivity index (χ3n) is 3.27. The standard InChI is InChI=1S/C16H16N2O4S2/c1-3-22-13-5-4-6-14-15(13)17-16(23-14)18-24(19,20)12-9-7-11(21-2)8-10-12/h4-10H,3H2,1-2H3,(H,17,18). The van der Waals surface area contributed by atoms with Crippen molar-refractivity contribution < 1.29 is 17.9 Å². The maximum atomic E-state index is 12.5. The first-order valence-corrected chi connectivity index (χ1v) is 9.52. The van der Waals surface area contributed by atoms with Crippen molar-refractivity contribution in [1.29, 1.82) is 0 Å². The van der Waals surface area contributed by atoms with Gasteiger partial charge >= 0.3 is 0 Å². The summed E-state index contributed by atoms with van der Waals surface area (Å²) in [5.74, 6) is 1.23. The highest BCUT2D eigenvalue weighted by Gasteiger charge is 2.17. The third kappa shape index (κ3) is 3.29. The molecule has 0 amide bonds. The van der Waals surface area contributed by atoms with Crippen LogP contribution in [0.1, 0.15) is 6.92 Å². The van der Waals surface area contributed by atoms with Crippen LogP contribution in [0.15, 0.2) is 47.4 Å². The van der Waals surface area contributed by atoms with Crippen molar-refractivity contribution in [3.05, 3.63) is 42.5 Å². The highest BCUT2D eigenvalue weighted by atomic mass is 32.2. The molecule has 0 aliphatic heterocycles. The number of nitrogens with one attached hydrogen (secondary N) is 1. The Labute approximate surface area is 144 Å². The first kappa shape index (κ1) is 16.5. The number of para-hydroxylation sites is 1. The Morgan fingerprint density at radius 3 is 2.58 bits per heavy atom. The second-order valence-electron chi connectivity index (χ2n) is 4.84. The number of hydrogen-bond donors (Lipinski definition) is 1. The molecule has 0 aliphatic rings. The van der Waals surface area contributed by atoms with Crippen LogP contribution in [0.2, 0.25) is 0 Å². The molecular formula is C16H16N2O4S2. The summed E-state index contributed by atoms with van der Waals surface area (Å²) >= 11 is 1.26. The van der Waals surface area contributed by atoms with E-state index in [0.717, 1.165) is 4.70 Å². The first-order valence-electron chi connectivity index (χ1n) is 7.22. The summed E-state index contributed by atoms with van der Waals surface area (Å²) in [6, 6.07) is 11.7. The monoisotopic (exact) mass is 364 g/mol. The fourth-order valence-corrected chi connectivity index (χ4v) is 4.29. The van der Waals surface area contributed by atoms with Crippen molar-refractivity contribution in [2.24, 2.45) is 0 Å². The number of fused-ring (bicyclic) bond motifs is 1. The number of methoxy groups -OCH3 is 1. The minimum atomic E-state index is -3.71. The number of sulfonamides is 1. The Bertz CT molecular complexity index is 950. The van der Waals surface area contributed by atoms with Crippen LogP contribution in [0.25, 0.3) is 10.2 Å². The minimum Gasteiger partial charge on any atom is -0.497 e. The van der Waals surface area contributed by atoms with Crippen molar-refractivity contribution in [3.63, 3.8) is 0 Å². The van der Waals surface area contributed by atoms with Gasteiger partial charge < -0.3 is 9.47 Å². The molecule has 0 unspecified atom stereocenters. The van der Waals surface area contributed by atoms with E-state index in [4.69, 9.17) is 9.47 Å². The zero-order valence-corrected chi connectivity index (χ0v) is 14.8. The summed E-state index contributed by atoms with van der Waals surface area (Å²) in [6.07, 6.45) is 0. The van der Waals surface area contributed by atoms with E-state index in [9.17, 15) is 8.42 Å². The predicted molar refractivity (Wildman–Crippen MR) is 94.6 cm³/mol. The van der Waals surface area contributed by atoms with Crippen LogP contribution >= 0.6 is 11.3 Å². The zero-order chi connectivity index (χ0) is 17.2. The summed E-state index contributed by atoms with van der Waals surface area (Å²) < 4.78 is 38.9. The van der Waals surface area contributed by atoms with Crippen molar-refractivity contribution in [2.45, 2.75) is 11.8 Å². The number of nitrogens with zero attached hydrogens (tertiary/aromatic N) is 1. The van der Waals surface area contributed by atoms with Crippen LogP contribution < -0.4 is 14.2 Å². The molecule has 0 aliphatic carbocycles. The summed E-state index contributed by atoms with van der Waals surface area (Å²) in [7, 11) is -2.18. The van der Waals surface area contributed by atoms with Crippen LogP contribution in [-0.2, 0) is 10.0 Å². The van der Waals surface area contributed by atoms with E-state index in [0.29, 0.717) is 28.8 Å². The lowest BCUT2D eigenvalue weighted by atomic mass is 10.3. The molecule has 0 saturated heterocycles. The third-order valence-corrected chi connectivity index (χ3v) is 5.69. The molecule has 24 heavy (non-hydrogen) atoms. The predicted octanol–water partition coefficient (Wildman–Crippen LogP) is 3.50. The van der Waals surface area contributed by atoms with Crippen LogP contribution in [-0.4, -0.2) is 27.1 Å². The molecule has 1 N–H and O–H groups in total. The molecule has 1 heterocycles. The number of aromatic nitrogens is 1. The maximum Gasteiger partial charge on any atom is 0.263 e. The van der Waals surface area contributed by atoms with E-state index in [-0.39, 0.29) is 4.90 Å². The molecule has 0 atom stereocenters. The van der Waals surface area contributed by atoms with E-state index in [2.05, 4.69) is 9.71 Å². The largest absolute Gasteiger partial charge is 0.497 e. The molecule has 1 aromatic heterocycles. The number of anilines is 1. The summed E-state index contributed by atoms with van der Waals surface area (Å²) in [5.41, 5.74) is 0.650. The molecule has 6 nitrogen and oxygen atoms in total. The van der Waals surface area contributed by atoms with Gasteiger partial charge in [-0.1, -0.05) is 17.4 Å². The summed E-state index contributed by atoms with van der Waals surface area (Å²) in [5, 5.41) is 0.299. The number of thiazole rings is 1. The molecule has 0 bridgehead atoms. The Morgan fingerprint density at radius 1 is 1.17 bits per heavy atom. The molecule has 0 saturated carbocycles. The molecule has 2 aromatic carbocycles. The van der Waals surface area contributed by atoms with E-state index in [1.54, 1.807) is 12.1 Å². The van der Waals surface area contributed by atoms with Gasteiger partial charge in [-0.3, -0.25) is 4.72 Å². The number of benzene rings is 2. The second-order valence-corrected chi connectivity index (χ2v) is 7.55. The van der Waals surface area contributed by atoms with Gasteiger partial charge in [0.15, 0.2) is 5.13 Å². The lowest BCUT2D eigenvalue weighted by Crippen LogP contribution is -2.12. The van der Waals surface area contributed by atoms with Gasteiger partial charge in [-0.05, 0) is 43.3 Å². The van der Waals surface area contributed by atoms with Gasteiger partial charge in [0.25, 0.3) is 10.0 Å². The Kier molecular flexibility index (Phi) is 4.59. The van der Waals surface area contributed by atoms with Crippen molar-refractivity contribution in [1.82, 2.24) is 4.98 Å². The molecule has 3 aromatic rings. The fraction of sp³-hybridized carbons (Fsp3) is 0.188. The molecule has 8 heteroatoms. The molecule has 0 radical (unpaired) electrons. The molecular weight excluding hydrogens is 348 g/mol. The Balaban J connectivity index is 1.91. The van der Waals surface area contributed by atoms with Crippen LogP contribution in [0, 0.1) is 0 Å². The summed E-state index contributed by atoms with van der Waals surface area (Å²) in [6.45, 7) is 2.40. The smallest absolute Gasteiger partial charge is 0.263 e. The number of hydrogen-bond acceptors (Lipinski definition) is 6. The highest BCUT2D eigenvalue weighted by Crippen LogP contribution is 2.33. The molecule has 3 rings (SSSR count). The second kappa shape index (κ2) is 6.66. The highest BCUT2D eigenvalue weighted by molar-refractivity contribution is 7.93. The van der Waals surface area contributed by atoms with Crippen LogP contribution in [0.3, 0.4) is 0 Å². The first-order chi connectivity index (χ1) is 11.5. The average molecular weight is 364 g/mol. The Hall–Kier alpha value is -2.32. The lowest BCUT2D eigenvalue weighted by Gasteiger charge is -2.06. The van der Waals surface area contributed by atoms with Gasteiger partial charge in [-0.15, -0.1) is 0 Å². The van der Waals surface area contributed by atoms with E-state index < -0.39 is 10.0 Å². The van der Waals surface area contributed by atoms with Gasteiger partial charge in [0, 0.05) is 0 Å². The topological polar surface area (TPSA) is 77.5 Å². The quantitative estimate of drug-likeness (QED) is 0.724. The van der Waals surface area contributed by atoms with Gasteiger partial charge in [0.2, 0.25) is 0 Å². The van der Waals surface area contributed by atoms with Gasteiger partial charge in [0.05, 0.1) is 23.3 Å². The number of ether oxygens (including phenoxy) is 2. The van der Waals surface area contributed by atoms with Gasteiger partial charge in [-0.25, -0.2) is 13.4 Å². The van der Waals surface area contributed by atoms with E-state index in [1.165, 1.54) is 30.6 Å². The maximum absolute atomic E-state index is 12.5. The van der Waals surface area contributed by atoms with Crippen LogP contribution in [0.5, 0.6) is 11.5 Å². The van der Waals surface area contributed by atoms with Crippen molar-refractivity contribution in [2.75, 3.05) is 18.4 Å². The normalized spacial score (nSPS) is 11.4. The van der Waals surface area contributed by atoms with Gasteiger partial charge in [-0.2, -0.15) is 0 Å². The van der Waals surface area contributed by atoms with Crippen molar-refractivity contribution in [3.8, 4) is 11.5 Å². The van der Waals surface area contributed by atoms with Crippen molar-refractivity contribution >= 4 is 36.7 Å². The average Bonchev–Trinajstić information content (AvgIpc) is 2.98. The fourth-order valence-electron chi connectivity index (χ4n) is 2.17. The SMILES string of the molecule is CCOc1cccc2sc(NS(=O)(=O)c3ccc(OC)cc3)nc12. The number of rotatable bonds is 6. The van der Waals surface area contributed by atoms with Gasteiger partial charge in [0.1, 0.15) is 17.0 Å². The van der Waals surface area contributed by atoms with Crippen LogP contribution in [0.4, 0.5) is 5.13 Å². The minimum absolute atomic E-state index is 0.146.